The minimum atomic E-state index is -2.65. The maximum Gasteiger partial charge on any atom is 0.357 e. The van der Waals surface area contributed by atoms with Gasteiger partial charge in [-0.3, -0.25) is 0 Å². The quantitative estimate of drug-likeness (QED) is 0.373. The second-order valence-electron chi connectivity index (χ2n) is 4.06. The molecule has 0 fully saturated rings. The molecule has 0 aromatic heterocycles. The van der Waals surface area contributed by atoms with E-state index in [1.807, 2.05) is 0 Å². The third kappa shape index (κ3) is 9.95. The molecule has 0 saturated carbocycles. The fourth-order valence-corrected chi connectivity index (χ4v) is 3.00. The first kappa shape index (κ1) is 16.0. The molecule has 0 heterocycles. The van der Waals surface area contributed by atoms with E-state index in [1.54, 1.807) is 0 Å². The van der Waals surface area contributed by atoms with Crippen molar-refractivity contribution in [1.82, 2.24) is 0 Å². The van der Waals surface area contributed by atoms with Gasteiger partial charge in [0.05, 0.1) is 0 Å². The van der Waals surface area contributed by atoms with Crippen LogP contribution in [0.1, 0.15) is 58.3 Å². The van der Waals surface area contributed by atoms with Gasteiger partial charge in [-0.25, -0.2) is 0 Å². The van der Waals surface area contributed by atoms with Crippen LogP contribution in [0.2, 0.25) is 0 Å². The summed E-state index contributed by atoms with van der Waals surface area (Å²) in [6.45, 7) is 2.23. The predicted octanol–water partition coefficient (Wildman–Crippen LogP) is 4.65. The van der Waals surface area contributed by atoms with Gasteiger partial charge in [0.1, 0.15) is 0 Å². The molecule has 1 unspecified atom stereocenters. The Morgan fingerprint density at radius 3 is 1.87 bits per heavy atom. The van der Waals surface area contributed by atoms with Crippen LogP contribution in [-0.4, -0.2) is 11.7 Å². The predicted molar refractivity (Wildman–Crippen MR) is 73.9 cm³/mol. The van der Waals surface area contributed by atoms with Gasteiger partial charge in [-0.2, -0.15) is 0 Å². The largest absolute Gasteiger partial charge is 0.357 e. The molecule has 1 atom stereocenters. The van der Waals surface area contributed by atoms with Crippen LogP contribution in [0, 0.1) is 0 Å². The minimum absolute atomic E-state index is 0.196. The van der Waals surface area contributed by atoms with Gasteiger partial charge in [-0.05, 0) is 6.42 Å². The molecule has 92 valence electrons. The van der Waals surface area contributed by atoms with Gasteiger partial charge >= 0.3 is 6.00 Å². The zero-order valence-corrected chi connectivity index (χ0v) is 12.7. The molecule has 0 radical (unpaired) electrons. The maximum absolute atomic E-state index is 5.81. The number of nitrogens with two attached hydrogens (primary N) is 1. The van der Waals surface area contributed by atoms with Crippen molar-refractivity contribution in [1.29, 1.82) is 0 Å². The van der Waals surface area contributed by atoms with Crippen LogP contribution in [0.3, 0.4) is 0 Å². The van der Waals surface area contributed by atoms with Gasteiger partial charge in [0.15, 0.2) is 0 Å². The maximum atomic E-state index is 5.81. The topological polar surface area (TPSA) is 26.0 Å². The van der Waals surface area contributed by atoms with E-state index < -0.39 is 6.00 Å². The summed E-state index contributed by atoms with van der Waals surface area (Å²) in [6.07, 6.45) is 9.77. The lowest BCUT2D eigenvalue weighted by atomic mass is 10.1. The number of rotatable bonds is 9. The standard InChI is InChI=1S/C10H22Cl3NSi/c1-2-3-4-5-6-7-8-9-10(14)15(11,12)13/h10H,2-9,14H2,1H3. The van der Waals surface area contributed by atoms with Crippen molar-refractivity contribution in [3.63, 3.8) is 0 Å². The number of hydrogen-bond donors (Lipinski definition) is 1. The van der Waals surface area contributed by atoms with E-state index >= 15 is 0 Å². The van der Waals surface area contributed by atoms with Crippen LogP contribution in [0.15, 0.2) is 0 Å². The van der Waals surface area contributed by atoms with Crippen LogP contribution in [0.5, 0.6) is 0 Å². The molecule has 0 aromatic rings. The number of hydrogen-bond acceptors (Lipinski definition) is 1. The fraction of sp³-hybridized carbons (Fsp3) is 1.00. The summed E-state index contributed by atoms with van der Waals surface area (Å²) in [6, 6.07) is -2.65. The summed E-state index contributed by atoms with van der Waals surface area (Å²) in [5.41, 5.74) is 5.58. The van der Waals surface area contributed by atoms with Crippen molar-refractivity contribution in [2.45, 2.75) is 64.0 Å². The van der Waals surface area contributed by atoms with Crippen LogP contribution < -0.4 is 5.73 Å². The highest BCUT2D eigenvalue weighted by Crippen LogP contribution is 2.25. The Labute approximate surface area is 109 Å². The molecule has 0 rings (SSSR count). The van der Waals surface area contributed by atoms with Gasteiger partial charge in [0, 0.05) is 5.67 Å². The Hall–Kier alpha value is 1.05. The first-order chi connectivity index (χ1) is 6.98. The smallest absolute Gasteiger partial charge is 0.327 e. The molecule has 0 saturated heterocycles. The zero-order valence-electron chi connectivity index (χ0n) is 9.45. The van der Waals surface area contributed by atoms with Crippen molar-refractivity contribution in [2.24, 2.45) is 5.73 Å². The van der Waals surface area contributed by atoms with E-state index in [0.29, 0.717) is 0 Å². The van der Waals surface area contributed by atoms with Crippen LogP contribution in [0.25, 0.3) is 0 Å². The molecule has 1 nitrogen and oxygen atoms in total. The molecule has 5 heteroatoms. The van der Waals surface area contributed by atoms with Gasteiger partial charge in [-0.15, -0.1) is 33.2 Å². The van der Waals surface area contributed by atoms with Crippen molar-refractivity contribution in [2.75, 3.05) is 0 Å². The average molecular weight is 291 g/mol. The van der Waals surface area contributed by atoms with Crippen molar-refractivity contribution < 1.29 is 0 Å². The van der Waals surface area contributed by atoms with Gasteiger partial charge in [-0.1, -0.05) is 51.9 Å². The highest BCUT2D eigenvalue weighted by atomic mass is 35.8. The Morgan fingerprint density at radius 1 is 0.933 bits per heavy atom. The Kier molecular flexibility index (Phi) is 9.75. The summed E-state index contributed by atoms with van der Waals surface area (Å²) in [7, 11) is 0. The van der Waals surface area contributed by atoms with Crippen LogP contribution in [-0.2, 0) is 0 Å². The highest BCUT2D eigenvalue weighted by Gasteiger charge is 2.33. The van der Waals surface area contributed by atoms with Crippen molar-refractivity contribution >= 4 is 39.2 Å². The van der Waals surface area contributed by atoms with E-state index in [2.05, 4.69) is 6.92 Å². The van der Waals surface area contributed by atoms with E-state index in [0.717, 1.165) is 12.8 Å². The molecule has 0 amide bonds. The monoisotopic (exact) mass is 289 g/mol. The molecule has 0 bridgehead atoms. The molecule has 2 N–H and O–H groups in total. The Bertz CT molecular complexity index is 150. The van der Waals surface area contributed by atoms with Gasteiger partial charge < -0.3 is 5.73 Å². The lowest BCUT2D eigenvalue weighted by Gasteiger charge is -2.16. The zero-order chi connectivity index (χ0) is 11.7. The van der Waals surface area contributed by atoms with Gasteiger partial charge in [0.2, 0.25) is 0 Å². The summed E-state index contributed by atoms with van der Waals surface area (Å²) in [5, 5.41) is 0. The Balaban J connectivity index is 3.24. The SMILES string of the molecule is CCCCCCCCCC(N)[Si](Cl)(Cl)Cl. The molecular formula is C10H22Cl3NSi. The average Bonchev–Trinajstić information content (AvgIpc) is 2.14. The summed E-state index contributed by atoms with van der Waals surface area (Å²) in [5.74, 6) is 0. The second kappa shape index (κ2) is 9.12. The normalized spacial score (nSPS) is 14.2. The Morgan fingerprint density at radius 2 is 1.40 bits per heavy atom. The molecule has 0 spiro atoms. The third-order valence-corrected chi connectivity index (χ3v) is 6.19. The summed E-state index contributed by atoms with van der Waals surface area (Å²) in [4.78, 5) is 0. The molecule has 0 aliphatic carbocycles. The lowest BCUT2D eigenvalue weighted by molar-refractivity contribution is 0.569. The molecular weight excluding hydrogens is 269 g/mol. The summed E-state index contributed by atoms with van der Waals surface area (Å²) < 4.78 is 0. The first-order valence-electron chi connectivity index (χ1n) is 5.80. The third-order valence-electron chi connectivity index (χ3n) is 2.54. The lowest BCUT2D eigenvalue weighted by Crippen LogP contribution is -2.39. The molecule has 0 aliphatic rings. The van der Waals surface area contributed by atoms with E-state index in [1.165, 1.54) is 38.5 Å². The van der Waals surface area contributed by atoms with Crippen LogP contribution >= 0.6 is 33.2 Å². The van der Waals surface area contributed by atoms with Crippen LogP contribution in [0.4, 0.5) is 0 Å². The molecule has 0 aliphatic heterocycles. The van der Waals surface area contributed by atoms with Gasteiger partial charge in [0.25, 0.3) is 0 Å². The second-order valence-corrected chi connectivity index (χ2v) is 13.0. The molecule has 15 heavy (non-hydrogen) atoms. The molecule has 0 aromatic carbocycles. The summed E-state index contributed by atoms with van der Waals surface area (Å²) >= 11 is 17.4. The minimum Gasteiger partial charge on any atom is -0.327 e. The van der Waals surface area contributed by atoms with E-state index in [-0.39, 0.29) is 5.67 Å². The van der Waals surface area contributed by atoms with Crippen molar-refractivity contribution in [3.05, 3.63) is 0 Å². The van der Waals surface area contributed by atoms with E-state index in [9.17, 15) is 0 Å². The highest BCUT2D eigenvalue weighted by molar-refractivity contribution is 7.65. The first-order valence-corrected chi connectivity index (χ1v) is 10.9. The number of halogens is 3. The van der Waals surface area contributed by atoms with Crippen molar-refractivity contribution in [3.8, 4) is 0 Å². The number of unbranched alkanes of at least 4 members (excludes halogenated alkanes) is 6. The van der Waals surface area contributed by atoms with E-state index in [4.69, 9.17) is 39.0 Å². The fourth-order valence-electron chi connectivity index (χ4n) is 1.49.